The average Bonchev–Trinajstić information content (AvgIpc) is 2.62. The summed E-state index contributed by atoms with van der Waals surface area (Å²) in [5.41, 5.74) is 0. The summed E-state index contributed by atoms with van der Waals surface area (Å²) in [5.74, 6) is -0.440. The zero-order chi connectivity index (χ0) is 11.5. The predicted octanol–water partition coefficient (Wildman–Crippen LogP) is 3.31. The number of thiazole rings is 1. The molecule has 0 radical (unpaired) electrons. The van der Waals surface area contributed by atoms with Crippen molar-refractivity contribution >= 4 is 17.1 Å². The molecule has 0 aliphatic heterocycles. The number of nitrogens with zero attached hydrogens (tertiary/aromatic N) is 1. The van der Waals surface area contributed by atoms with Gasteiger partial charge in [0.15, 0.2) is 10.8 Å². The lowest BCUT2D eigenvalue weighted by molar-refractivity contribution is -0.137. The fourth-order valence-electron chi connectivity index (χ4n) is 0.826. The number of halogens is 3. The van der Waals surface area contributed by atoms with Gasteiger partial charge < -0.3 is 0 Å². The summed E-state index contributed by atoms with van der Waals surface area (Å²) in [6, 6.07) is 0. The Bertz CT molecular complexity index is 381. The molecule has 0 bridgehead atoms. The Morgan fingerprint density at radius 3 is 2.73 bits per heavy atom. The highest BCUT2D eigenvalue weighted by Gasteiger charge is 2.34. The average molecular weight is 235 g/mol. The first-order valence-electron chi connectivity index (χ1n) is 4.19. The molecule has 0 saturated carbocycles. The van der Waals surface area contributed by atoms with Gasteiger partial charge in [-0.3, -0.25) is 4.79 Å². The van der Waals surface area contributed by atoms with Crippen molar-refractivity contribution in [1.82, 2.24) is 4.98 Å². The maximum absolute atomic E-state index is 12.1. The van der Waals surface area contributed by atoms with Crippen LogP contribution in [-0.4, -0.2) is 10.8 Å². The van der Waals surface area contributed by atoms with E-state index in [1.165, 1.54) is 6.08 Å². The van der Waals surface area contributed by atoms with E-state index in [-0.39, 0.29) is 4.88 Å². The maximum Gasteiger partial charge on any atom is 0.443 e. The zero-order valence-electron chi connectivity index (χ0n) is 7.84. The van der Waals surface area contributed by atoms with Gasteiger partial charge in [0.25, 0.3) is 0 Å². The second kappa shape index (κ2) is 4.57. The minimum Gasteiger partial charge on any atom is -0.288 e. The third kappa shape index (κ3) is 3.16. The second-order valence-electron chi connectivity index (χ2n) is 2.70. The van der Waals surface area contributed by atoms with E-state index in [1.54, 1.807) is 6.08 Å². The summed E-state index contributed by atoms with van der Waals surface area (Å²) in [6.45, 7) is 1.83. The van der Waals surface area contributed by atoms with Crippen LogP contribution in [0.5, 0.6) is 0 Å². The van der Waals surface area contributed by atoms with Gasteiger partial charge in [-0.2, -0.15) is 13.2 Å². The van der Waals surface area contributed by atoms with Crippen LogP contribution in [0.1, 0.15) is 28.0 Å². The predicted molar refractivity (Wildman–Crippen MR) is 50.9 cm³/mol. The maximum atomic E-state index is 12.1. The molecule has 0 amide bonds. The van der Waals surface area contributed by atoms with Gasteiger partial charge in [-0.25, -0.2) is 4.98 Å². The Balaban J connectivity index is 2.85. The standard InChI is InChI=1S/C9H8F3NOS/c1-2-3-4-6(14)7-5-13-8(15-7)9(10,11)12/h3-5H,2H2,1H3/b4-3+. The number of carbonyl (C=O) groups excluding carboxylic acids is 1. The molecule has 82 valence electrons. The third-order valence-corrected chi connectivity index (χ3v) is 2.55. The quantitative estimate of drug-likeness (QED) is 0.594. The number of ketones is 1. The third-order valence-electron chi connectivity index (χ3n) is 1.50. The first-order chi connectivity index (χ1) is 6.95. The van der Waals surface area contributed by atoms with Gasteiger partial charge in [0, 0.05) is 6.20 Å². The van der Waals surface area contributed by atoms with Crippen LogP contribution in [0.4, 0.5) is 13.2 Å². The van der Waals surface area contributed by atoms with Crippen molar-refractivity contribution in [1.29, 1.82) is 0 Å². The van der Waals surface area contributed by atoms with Gasteiger partial charge in [0.05, 0.1) is 4.88 Å². The lowest BCUT2D eigenvalue weighted by Crippen LogP contribution is -2.02. The molecular formula is C9H8F3NOS. The molecule has 0 aromatic carbocycles. The molecule has 0 aliphatic carbocycles. The molecule has 1 heterocycles. The zero-order valence-corrected chi connectivity index (χ0v) is 8.65. The summed E-state index contributed by atoms with van der Waals surface area (Å²) in [7, 11) is 0. The molecule has 1 rings (SSSR count). The van der Waals surface area contributed by atoms with E-state index in [1.807, 2.05) is 6.92 Å². The number of aromatic nitrogens is 1. The number of alkyl halides is 3. The van der Waals surface area contributed by atoms with E-state index in [9.17, 15) is 18.0 Å². The Hall–Kier alpha value is -1.17. The Morgan fingerprint density at radius 2 is 2.27 bits per heavy atom. The molecular weight excluding hydrogens is 227 g/mol. The monoisotopic (exact) mass is 235 g/mol. The first-order valence-corrected chi connectivity index (χ1v) is 5.00. The summed E-state index contributed by atoms with van der Waals surface area (Å²) < 4.78 is 36.4. The SMILES string of the molecule is CC/C=C/C(=O)c1cnc(C(F)(F)F)s1. The first kappa shape index (κ1) is 11.9. The second-order valence-corrected chi connectivity index (χ2v) is 3.73. The summed E-state index contributed by atoms with van der Waals surface area (Å²) in [4.78, 5) is 14.4. The summed E-state index contributed by atoms with van der Waals surface area (Å²) >= 11 is 0.361. The van der Waals surface area contributed by atoms with Crippen LogP contribution in [0.2, 0.25) is 0 Å². The minimum atomic E-state index is -4.47. The fraction of sp³-hybridized carbons (Fsp3) is 0.333. The number of hydrogen-bond donors (Lipinski definition) is 0. The van der Waals surface area contributed by atoms with Crippen molar-refractivity contribution in [3.05, 3.63) is 28.2 Å². The number of hydrogen-bond acceptors (Lipinski definition) is 3. The van der Waals surface area contributed by atoms with Crippen LogP contribution in [-0.2, 0) is 6.18 Å². The molecule has 0 fully saturated rings. The van der Waals surface area contributed by atoms with Gasteiger partial charge in [0.1, 0.15) is 0 Å². The van der Waals surface area contributed by atoms with Crippen LogP contribution in [0.25, 0.3) is 0 Å². The molecule has 0 N–H and O–H groups in total. The number of allylic oxidation sites excluding steroid dienone is 2. The van der Waals surface area contributed by atoms with Gasteiger partial charge in [-0.15, -0.1) is 11.3 Å². The highest BCUT2D eigenvalue weighted by molar-refractivity contribution is 7.13. The van der Waals surface area contributed by atoms with Gasteiger partial charge in [0.2, 0.25) is 0 Å². The molecule has 1 aromatic rings. The molecule has 6 heteroatoms. The highest BCUT2D eigenvalue weighted by Crippen LogP contribution is 2.32. The van der Waals surface area contributed by atoms with E-state index >= 15 is 0 Å². The number of rotatable bonds is 3. The van der Waals surface area contributed by atoms with E-state index in [4.69, 9.17) is 0 Å². The topological polar surface area (TPSA) is 30.0 Å². The molecule has 0 unspecified atom stereocenters. The van der Waals surface area contributed by atoms with Crippen LogP contribution in [0.15, 0.2) is 18.3 Å². The Kier molecular flexibility index (Phi) is 3.62. The van der Waals surface area contributed by atoms with Crippen LogP contribution in [0.3, 0.4) is 0 Å². The van der Waals surface area contributed by atoms with Crippen LogP contribution >= 0.6 is 11.3 Å². The molecule has 0 spiro atoms. The van der Waals surface area contributed by atoms with Gasteiger partial charge in [-0.05, 0) is 12.5 Å². The van der Waals surface area contributed by atoms with Crippen molar-refractivity contribution in [2.45, 2.75) is 19.5 Å². The summed E-state index contributed by atoms with van der Waals surface area (Å²) in [5, 5.41) is -0.990. The Labute approximate surface area is 88.4 Å². The van der Waals surface area contributed by atoms with Gasteiger partial charge in [-0.1, -0.05) is 13.0 Å². The lowest BCUT2D eigenvalue weighted by atomic mass is 10.3. The molecule has 15 heavy (non-hydrogen) atoms. The normalized spacial score (nSPS) is 12.3. The van der Waals surface area contributed by atoms with Crippen molar-refractivity contribution in [2.75, 3.05) is 0 Å². The van der Waals surface area contributed by atoms with E-state index in [0.29, 0.717) is 17.8 Å². The van der Waals surface area contributed by atoms with Crippen LogP contribution in [0, 0.1) is 0 Å². The molecule has 0 atom stereocenters. The van der Waals surface area contributed by atoms with Gasteiger partial charge >= 0.3 is 6.18 Å². The minimum absolute atomic E-state index is 0.00650. The summed E-state index contributed by atoms with van der Waals surface area (Å²) in [6.07, 6.45) is -0.00680. The molecule has 1 aromatic heterocycles. The van der Waals surface area contributed by atoms with Crippen molar-refractivity contribution in [3.8, 4) is 0 Å². The van der Waals surface area contributed by atoms with Crippen LogP contribution < -0.4 is 0 Å². The van der Waals surface area contributed by atoms with E-state index < -0.39 is 17.0 Å². The number of carbonyl (C=O) groups is 1. The van der Waals surface area contributed by atoms with E-state index in [0.717, 1.165) is 6.20 Å². The molecule has 0 saturated heterocycles. The highest BCUT2D eigenvalue weighted by atomic mass is 32.1. The molecule has 2 nitrogen and oxygen atoms in total. The molecule has 0 aliphatic rings. The fourth-order valence-corrected chi connectivity index (χ4v) is 1.53. The smallest absolute Gasteiger partial charge is 0.288 e. The van der Waals surface area contributed by atoms with Crippen molar-refractivity contribution in [2.24, 2.45) is 0 Å². The van der Waals surface area contributed by atoms with Crippen molar-refractivity contribution < 1.29 is 18.0 Å². The Morgan fingerprint density at radius 1 is 1.60 bits per heavy atom. The lowest BCUT2D eigenvalue weighted by Gasteiger charge is -1.98. The van der Waals surface area contributed by atoms with E-state index in [2.05, 4.69) is 4.98 Å². The largest absolute Gasteiger partial charge is 0.443 e. The van der Waals surface area contributed by atoms with Crippen molar-refractivity contribution in [3.63, 3.8) is 0 Å².